The van der Waals surface area contributed by atoms with E-state index in [4.69, 9.17) is 14.5 Å². The van der Waals surface area contributed by atoms with Crippen LogP contribution in [0.15, 0.2) is 95.9 Å². The topological polar surface area (TPSA) is 69.9 Å². The van der Waals surface area contributed by atoms with Crippen molar-refractivity contribution in [3.63, 3.8) is 0 Å². The summed E-state index contributed by atoms with van der Waals surface area (Å²) in [6, 6.07) is 20.6. The molecule has 3 aromatic carbocycles. The van der Waals surface area contributed by atoms with E-state index < -0.39 is 12.0 Å². The second-order valence-corrected chi connectivity index (χ2v) is 12.5. The summed E-state index contributed by atoms with van der Waals surface area (Å²) in [6.07, 6.45) is 3.84. The fourth-order valence-electron chi connectivity index (χ4n) is 4.64. The van der Waals surface area contributed by atoms with Crippen LogP contribution in [0.3, 0.4) is 0 Å². The highest BCUT2D eigenvalue weighted by molar-refractivity contribution is 9.11. The summed E-state index contributed by atoms with van der Waals surface area (Å²) in [7, 11) is 0. The van der Waals surface area contributed by atoms with Crippen LogP contribution in [-0.2, 0) is 9.53 Å². The van der Waals surface area contributed by atoms with Crippen LogP contribution in [0.1, 0.15) is 36.6 Å². The first-order valence-corrected chi connectivity index (χ1v) is 16.5. The highest BCUT2D eigenvalue weighted by atomic mass is 79.9. The largest absolute Gasteiger partial charge is 0.492 e. The summed E-state index contributed by atoms with van der Waals surface area (Å²) in [5.74, 6) is 0.203. The van der Waals surface area contributed by atoms with Crippen molar-refractivity contribution in [2.24, 2.45) is 4.99 Å². The summed E-state index contributed by atoms with van der Waals surface area (Å²) in [4.78, 5) is 34.2. The number of carbonyl (C=O) groups excluding carboxylic acids is 1. The maximum absolute atomic E-state index is 14.1. The molecule has 210 valence electrons. The number of ether oxygens (including phenoxy) is 2. The van der Waals surface area contributed by atoms with Gasteiger partial charge in [-0.1, -0.05) is 53.8 Å². The second kappa shape index (κ2) is 12.9. The number of thiazole rings is 1. The van der Waals surface area contributed by atoms with E-state index in [0.717, 1.165) is 30.5 Å². The second-order valence-electron chi connectivity index (χ2n) is 8.95. The van der Waals surface area contributed by atoms with E-state index in [0.29, 0.717) is 33.0 Å². The van der Waals surface area contributed by atoms with E-state index >= 15 is 0 Å². The Balaban J connectivity index is 1.78. The fraction of sp³-hybridized carbons (Fsp3) is 0.194. The van der Waals surface area contributed by atoms with Gasteiger partial charge >= 0.3 is 5.97 Å². The molecule has 0 saturated carbocycles. The lowest BCUT2D eigenvalue weighted by atomic mass is 9.93. The average Bonchev–Trinajstić information content (AvgIpc) is 3.29. The van der Waals surface area contributed by atoms with Crippen molar-refractivity contribution in [1.82, 2.24) is 4.57 Å². The monoisotopic (exact) mass is 712 g/mol. The molecule has 41 heavy (non-hydrogen) atoms. The molecule has 0 radical (unpaired) electrons. The van der Waals surface area contributed by atoms with E-state index in [9.17, 15) is 9.59 Å². The van der Waals surface area contributed by atoms with Gasteiger partial charge in [-0.25, -0.2) is 9.79 Å². The Hall–Kier alpha value is -2.92. The number of hydrogen-bond acceptors (Lipinski definition) is 7. The molecule has 0 saturated heterocycles. The molecule has 6 nitrogen and oxygen atoms in total. The molecule has 0 spiro atoms. The van der Waals surface area contributed by atoms with E-state index in [1.54, 1.807) is 23.3 Å². The van der Waals surface area contributed by atoms with Gasteiger partial charge in [-0.15, -0.1) is 11.8 Å². The maximum atomic E-state index is 14.1. The predicted molar refractivity (Wildman–Crippen MR) is 172 cm³/mol. The lowest BCUT2D eigenvalue weighted by Gasteiger charge is -2.26. The Bertz CT molecular complexity index is 1790. The first kappa shape index (κ1) is 29.6. The number of benzene rings is 3. The number of hydrogen-bond donors (Lipinski definition) is 0. The number of aromatic nitrogens is 1. The van der Waals surface area contributed by atoms with E-state index in [1.165, 1.54) is 11.3 Å². The van der Waals surface area contributed by atoms with Crippen LogP contribution in [0.5, 0.6) is 5.75 Å². The van der Waals surface area contributed by atoms with Crippen LogP contribution in [0, 0.1) is 0 Å². The van der Waals surface area contributed by atoms with Gasteiger partial charge in [0.15, 0.2) is 4.80 Å². The SMILES string of the molecule is CCOC(=O)C1=C(c2ccccc2)N=c2s/c(=C\c3cc(Br)c(OCC)c(Br)c3)c(=O)n2[C@H]1c1ccc(SC)cc1. The Labute approximate surface area is 262 Å². The highest BCUT2D eigenvalue weighted by Gasteiger charge is 2.35. The summed E-state index contributed by atoms with van der Waals surface area (Å²) < 4.78 is 14.9. The lowest BCUT2D eigenvalue weighted by Crippen LogP contribution is -2.40. The van der Waals surface area contributed by atoms with Crippen molar-refractivity contribution < 1.29 is 14.3 Å². The Morgan fingerprint density at radius 1 is 1.05 bits per heavy atom. The van der Waals surface area contributed by atoms with Crippen LogP contribution in [-0.4, -0.2) is 30.0 Å². The number of esters is 1. The zero-order chi connectivity index (χ0) is 29.1. The quantitative estimate of drug-likeness (QED) is 0.153. The molecule has 5 rings (SSSR count). The van der Waals surface area contributed by atoms with Crippen molar-refractivity contribution in [3.8, 4) is 5.75 Å². The van der Waals surface area contributed by atoms with Gasteiger partial charge in [0, 0.05) is 10.5 Å². The molecular formula is C31H26Br2N2O4S2. The zero-order valence-corrected chi connectivity index (χ0v) is 27.3. The molecule has 0 amide bonds. The molecule has 10 heteroatoms. The minimum absolute atomic E-state index is 0.203. The maximum Gasteiger partial charge on any atom is 0.338 e. The van der Waals surface area contributed by atoms with Gasteiger partial charge in [0.25, 0.3) is 5.56 Å². The number of thioether (sulfide) groups is 1. The van der Waals surface area contributed by atoms with Crippen LogP contribution in [0.2, 0.25) is 0 Å². The van der Waals surface area contributed by atoms with Crippen molar-refractivity contribution in [2.75, 3.05) is 19.5 Å². The molecule has 1 atom stereocenters. The Morgan fingerprint density at radius 2 is 1.73 bits per heavy atom. The van der Waals surface area contributed by atoms with Crippen LogP contribution >= 0.6 is 55.0 Å². The van der Waals surface area contributed by atoms with E-state index in [1.807, 2.05) is 86.0 Å². The molecule has 0 unspecified atom stereocenters. The summed E-state index contributed by atoms with van der Waals surface area (Å²) in [5.41, 5.74) is 2.99. The molecular weight excluding hydrogens is 688 g/mol. The van der Waals surface area contributed by atoms with Crippen LogP contribution in [0.25, 0.3) is 11.8 Å². The van der Waals surface area contributed by atoms with Gasteiger partial charge in [0.05, 0.1) is 44.0 Å². The summed E-state index contributed by atoms with van der Waals surface area (Å²) in [6.45, 7) is 4.42. The van der Waals surface area contributed by atoms with E-state index in [-0.39, 0.29) is 12.2 Å². The number of carbonyl (C=O) groups is 1. The molecule has 1 aliphatic rings. The average molecular weight is 715 g/mol. The highest BCUT2D eigenvalue weighted by Crippen LogP contribution is 2.37. The number of halogens is 2. The smallest absolute Gasteiger partial charge is 0.338 e. The summed E-state index contributed by atoms with van der Waals surface area (Å²) >= 11 is 10.1. The standard InChI is InChI=1S/C31H26Br2N2O4S2/c1-4-38-28-22(32)15-18(16-23(28)33)17-24-29(36)35-27(20-11-13-21(40-3)14-12-20)25(30(37)39-5-2)26(34-31(35)41-24)19-9-7-6-8-10-19/h6-17,27H,4-5H2,1-3H3/b24-17-/t27-/m0/s1. The van der Waals surface area contributed by atoms with Gasteiger partial charge < -0.3 is 9.47 Å². The summed E-state index contributed by atoms with van der Waals surface area (Å²) in [5, 5.41) is 0. The van der Waals surface area contributed by atoms with Crippen LogP contribution < -0.4 is 19.6 Å². The molecule has 2 heterocycles. The van der Waals surface area contributed by atoms with Crippen molar-refractivity contribution in [2.45, 2.75) is 24.8 Å². The van der Waals surface area contributed by atoms with Crippen molar-refractivity contribution >= 4 is 72.7 Å². The Morgan fingerprint density at radius 3 is 2.34 bits per heavy atom. The molecule has 4 aromatic rings. The molecule has 0 bridgehead atoms. The lowest BCUT2D eigenvalue weighted by molar-refractivity contribution is -0.138. The molecule has 1 aromatic heterocycles. The number of fused-ring (bicyclic) bond motifs is 1. The Kier molecular flexibility index (Phi) is 9.33. The van der Waals surface area contributed by atoms with Gasteiger partial charge in [-0.2, -0.15) is 0 Å². The first-order valence-electron chi connectivity index (χ1n) is 12.9. The van der Waals surface area contributed by atoms with Crippen LogP contribution in [0.4, 0.5) is 0 Å². The predicted octanol–water partition coefficient (Wildman–Crippen LogP) is 6.58. The normalized spacial score (nSPS) is 15.0. The number of rotatable bonds is 8. The van der Waals surface area contributed by atoms with Crippen molar-refractivity contribution in [1.29, 1.82) is 0 Å². The fourth-order valence-corrected chi connectivity index (χ4v) is 7.50. The molecule has 0 aliphatic carbocycles. The van der Waals surface area contributed by atoms with Gasteiger partial charge in [-0.3, -0.25) is 9.36 Å². The first-order chi connectivity index (χ1) is 19.9. The van der Waals surface area contributed by atoms with Gasteiger partial charge in [0.2, 0.25) is 0 Å². The van der Waals surface area contributed by atoms with E-state index in [2.05, 4.69) is 31.9 Å². The van der Waals surface area contributed by atoms with Gasteiger partial charge in [0.1, 0.15) is 5.75 Å². The van der Waals surface area contributed by atoms with Gasteiger partial charge in [-0.05, 0) is 93.4 Å². The molecule has 1 aliphatic heterocycles. The third kappa shape index (κ3) is 6.02. The zero-order valence-electron chi connectivity index (χ0n) is 22.5. The molecule has 0 N–H and O–H groups in total. The third-order valence-corrected chi connectivity index (χ3v) is 9.32. The minimum Gasteiger partial charge on any atom is -0.492 e. The van der Waals surface area contributed by atoms with Crippen molar-refractivity contribution in [3.05, 3.63) is 118 Å². The molecule has 0 fully saturated rings. The number of nitrogens with zero attached hydrogens (tertiary/aromatic N) is 2. The third-order valence-electron chi connectivity index (χ3n) is 6.41. The minimum atomic E-state index is -0.711.